The number of hydrogen-bond acceptors (Lipinski definition) is 5. The lowest BCUT2D eigenvalue weighted by Gasteiger charge is -2.00. The summed E-state index contributed by atoms with van der Waals surface area (Å²) in [6, 6.07) is 2.36. The lowest BCUT2D eigenvalue weighted by Crippen LogP contribution is -2.04. The van der Waals surface area contributed by atoms with Gasteiger partial charge in [-0.1, -0.05) is 0 Å². The van der Waals surface area contributed by atoms with Gasteiger partial charge in [-0.2, -0.15) is 4.98 Å². The highest BCUT2D eigenvalue weighted by Gasteiger charge is 2.20. The second-order valence-corrected chi connectivity index (χ2v) is 2.81. The van der Waals surface area contributed by atoms with Crippen LogP contribution in [0.25, 0.3) is 11.1 Å². The van der Waals surface area contributed by atoms with E-state index >= 15 is 0 Å². The highest BCUT2D eigenvalue weighted by Crippen LogP contribution is 2.24. The Morgan fingerprint density at radius 3 is 3.00 bits per heavy atom. The summed E-state index contributed by atoms with van der Waals surface area (Å²) in [7, 11) is 1.15. The van der Waals surface area contributed by atoms with E-state index in [1.54, 1.807) is 0 Å². The van der Waals surface area contributed by atoms with Gasteiger partial charge in [0.2, 0.25) is 0 Å². The van der Waals surface area contributed by atoms with Gasteiger partial charge < -0.3 is 14.9 Å². The highest BCUT2D eigenvalue weighted by atomic mass is 19.1. The van der Waals surface area contributed by atoms with Gasteiger partial charge >= 0.3 is 5.97 Å². The van der Waals surface area contributed by atoms with Gasteiger partial charge in [-0.25, -0.2) is 9.18 Å². The van der Waals surface area contributed by atoms with Crippen LogP contribution in [0.5, 0.6) is 0 Å². The van der Waals surface area contributed by atoms with E-state index in [0.717, 1.165) is 13.2 Å². The van der Waals surface area contributed by atoms with Crippen LogP contribution in [0, 0.1) is 5.82 Å². The third-order valence-electron chi connectivity index (χ3n) is 1.91. The molecular weight excluding hydrogens is 203 g/mol. The Kier molecular flexibility index (Phi) is 2.03. The second kappa shape index (κ2) is 3.23. The van der Waals surface area contributed by atoms with Crippen LogP contribution in [0.1, 0.15) is 10.4 Å². The maximum Gasteiger partial charge on any atom is 0.344 e. The van der Waals surface area contributed by atoms with Crippen LogP contribution in [0.4, 0.5) is 10.4 Å². The largest absolute Gasteiger partial charge is 0.465 e. The summed E-state index contributed by atoms with van der Waals surface area (Å²) in [6.45, 7) is 0. The number of rotatable bonds is 1. The summed E-state index contributed by atoms with van der Waals surface area (Å²) < 4.78 is 22.7. The average molecular weight is 210 g/mol. The van der Waals surface area contributed by atoms with E-state index in [-0.39, 0.29) is 17.2 Å². The van der Waals surface area contributed by atoms with E-state index in [2.05, 4.69) is 9.72 Å². The zero-order valence-corrected chi connectivity index (χ0v) is 7.78. The molecule has 1 aromatic heterocycles. The molecule has 0 unspecified atom stereocenters. The zero-order chi connectivity index (χ0) is 11.0. The van der Waals surface area contributed by atoms with E-state index in [9.17, 15) is 9.18 Å². The van der Waals surface area contributed by atoms with Gasteiger partial charge in [-0.05, 0) is 12.1 Å². The lowest BCUT2D eigenvalue weighted by molar-refractivity contribution is 0.0596. The molecule has 0 atom stereocenters. The molecule has 2 aromatic rings. The van der Waals surface area contributed by atoms with E-state index in [4.69, 9.17) is 10.2 Å². The molecule has 0 saturated carbocycles. The molecule has 0 spiro atoms. The molecule has 0 aliphatic heterocycles. The Morgan fingerprint density at radius 1 is 1.60 bits per heavy atom. The number of carbonyl (C=O) groups is 1. The molecule has 0 radical (unpaired) electrons. The molecule has 0 aliphatic carbocycles. The predicted molar refractivity (Wildman–Crippen MR) is 49.7 cm³/mol. The molecule has 1 aromatic carbocycles. The number of ether oxygens (including phenoxy) is 1. The summed E-state index contributed by atoms with van der Waals surface area (Å²) in [6.07, 6.45) is 0. The lowest BCUT2D eigenvalue weighted by atomic mass is 10.2. The number of carbonyl (C=O) groups excluding carboxylic acids is 1. The first-order valence-corrected chi connectivity index (χ1v) is 4.06. The van der Waals surface area contributed by atoms with Crippen molar-refractivity contribution in [2.24, 2.45) is 0 Å². The number of aromatic nitrogens is 1. The van der Waals surface area contributed by atoms with Crippen LogP contribution >= 0.6 is 0 Å². The first-order valence-electron chi connectivity index (χ1n) is 4.06. The van der Waals surface area contributed by atoms with Crippen LogP contribution in [0.15, 0.2) is 16.5 Å². The summed E-state index contributed by atoms with van der Waals surface area (Å²) in [5.41, 5.74) is 5.32. The summed E-state index contributed by atoms with van der Waals surface area (Å²) in [5.74, 6) is -1.56. The molecule has 5 nitrogen and oxygen atoms in total. The van der Waals surface area contributed by atoms with Crippen LogP contribution in [-0.2, 0) is 4.74 Å². The van der Waals surface area contributed by atoms with Crippen molar-refractivity contribution in [3.63, 3.8) is 0 Å². The number of fused-ring (bicyclic) bond motifs is 1. The van der Waals surface area contributed by atoms with Gasteiger partial charge in [0.05, 0.1) is 7.11 Å². The van der Waals surface area contributed by atoms with Crippen molar-refractivity contribution in [3.8, 4) is 0 Å². The fourth-order valence-electron chi connectivity index (χ4n) is 1.28. The van der Waals surface area contributed by atoms with Crippen LogP contribution in [0.3, 0.4) is 0 Å². The van der Waals surface area contributed by atoms with E-state index < -0.39 is 11.8 Å². The quantitative estimate of drug-likeness (QED) is 0.718. The minimum Gasteiger partial charge on any atom is -0.465 e. The van der Waals surface area contributed by atoms with Crippen molar-refractivity contribution < 1.29 is 18.3 Å². The van der Waals surface area contributed by atoms with Crippen molar-refractivity contribution in [2.75, 3.05) is 12.8 Å². The number of oxazole rings is 1. The standard InChI is InChI=1S/C9H7FN2O3/c1-14-8(13)6-4(10)2-3-5-7(6)15-9(11)12-5/h2-3H,1H3,(H2,11,12). The molecule has 0 aliphatic rings. The van der Waals surface area contributed by atoms with Crippen molar-refractivity contribution in [1.29, 1.82) is 0 Å². The second-order valence-electron chi connectivity index (χ2n) is 2.81. The van der Waals surface area contributed by atoms with Gasteiger partial charge in [0.25, 0.3) is 6.01 Å². The molecule has 2 N–H and O–H groups in total. The van der Waals surface area contributed by atoms with Crippen molar-refractivity contribution in [3.05, 3.63) is 23.5 Å². The van der Waals surface area contributed by atoms with E-state index in [1.165, 1.54) is 6.07 Å². The monoisotopic (exact) mass is 210 g/mol. The van der Waals surface area contributed by atoms with Gasteiger partial charge in [0.1, 0.15) is 16.9 Å². The number of anilines is 1. The molecule has 0 bridgehead atoms. The first kappa shape index (κ1) is 9.45. The minimum absolute atomic E-state index is 0.000602. The SMILES string of the molecule is COC(=O)c1c(F)ccc2nc(N)oc12. The summed E-state index contributed by atoms with van der Waals surface area (Å²) in [4.78, 5) is 15.0. The Balaban J connectivity index is 2.78. The van der Waals surface area contributed by atoms with E-state index in [0.29, 0.717) is 5.52 Å². The Bertz CT molecular complexity index is 535. The topological polar surface area (TPSA) is 78.3 Å². The normalized spacial score (nSPS) is 10.5. The minimum atomic E-state index is -0.825. The maximum absolute atomic E-state index is 13.3. The fraction of sp³-hybridized carbons (Fsp3) is 0.111. The third kappa shape index (κ3) is 1.39. The summed E-state index contributed by atoms with van der Waals surface area (Å²) in [5, 5.41) is 0. The third-order valence-corrected chi connectivity index (χ3v) is 1.91. The van der Waals surface area contributed by atoms with Crippen molar-refractivity contribution >= 4 is 23.1 Å². The smallest absolute Gasteiger partial charge is 0.344 e. The number of nitrogen functional groups attached to an aromatic ring is 1. The molecule has 0 amide bonds. The number of nitrogens with two attached hydrogens (primary N) is 1. The summed E-state index contributed by atoms with van der Waals surface area (Å²) >= 11 is 0. The zero-order valence-electron chi connectivity index (χ0n) is 7.78. The number of nitrogens with zero attached hydrogens (tertiary/aromatic N) is 1. The average Bonchev–Trinajstić information content (AvgIpc) is 2.57. The number of benzene rings is 1. The van der Waals surface area contributed by atoms with Crippen LogP contribution in [-0.4, -0.2) is 18.1 Å². The number of esters is 1. The van der Waals surface area contributed by atoms with E-state index in [1.807, 2.05) is 0 Å². The van der Waals surface area contributed by atoms with Crippen LogP contribution in [0.2, 0.25) is 0 Å². The van der Waals surface area contributed by atoms with Gasteiger partial charge in [0.15, 0.2) is 5.58 Å². The van der Waals surface area contributed by atoms with Gasteiger partial charge in [0, 0.05) is 0 Å². The molecule has 6 heteroatoms. The molecular formula is C9H7FN2O3. The molecule has 0 saturated heterocycles. The van der Waals surface area contributed by atoms with Gasteiger partial charge in [-0.15, -0.1) is 0 Å². The molecule has 2 rings (SSSR count). The number of methoxy groups -OCH3 is 1. The Labute approximate surface area is 83.6 Å². The Hall–Kier alpha value is -2.11. The molecule has 78 valence electrons. The van der Waals surface area contributed by atoms with Gasteiger partial charge in [-0.3, -0.25) is 0 Å². The highest BCUT2D eigenvalue weighted by molar-refractivity contribution is 6.01. The first-order chi connectivity index (χ1) is 7.13. The fourth-order valence-corrected chi connectivity index (χ4v) is 1.28. The predicted octanol–water partition coefficient (Wildman–Crippen LogP) is 1.34. The van der Waals surface area contributed by atoms with Crippen molar-refractivity contribution in [1.82, 2.24) is 4.98 Å². The van der Waals surface area contributed by atoms with Crippen LogP contribution < -0.4 is 5.73 Å². The number of hydrogen-bond donors (Lipinski definition) is 1. The van der Waals surface area contributed by atoms with Crippen molar-refractivity contribution in [2.45, 2.75) is 0 Å². The molecule has 15 heavy (non-hydrogen) atoms. The maximum atomic E-state index is 13.3. The Morgan fingerprint density at radius 2 is 2.33 bits per heavy atom. The molecule has 0 fully saturated rings. The number of halogens is 1. The molecule has 1 heterocycles.